The third-order valence-electron chi connectivity index (χ3n) is 8.12. The predicted molar refractivity (Wildman–Crippen MR) is 151 cm³/mol. The van der Waals surface area contributed by atoms with E-state index in [1.165, 1.54) is 48.0 Å². The third-order valence-corrected chi connectivity index (χ3v) is 9.26. The van der Waals surface area contributed by atoms with E-state index in [1.54, 1.807) is 5.57 Å². The zero-order valence-electron chi connectivity index (χ0n) is 20.2. The lowest BCUT2D eigenvalue weighted by atomic mass is 9.65. The molecule has 0 saturated heterocycles. The zero-order chi connectivity index (χ0) is 23.6. The van der Waals surface area contributed by atoms with Crippen molar-refractivity contribution in [3.63, 3.8) is 0 Å². The van der Waals surface area contributed by atoms with Crippen LogP contribution in [0.4, 0.5) is 0 Å². The van der Waals surface area contributed by atoms with E-state index in [0.717, 1.165) is 12.8 Å². The Morgan fingerprint density at radius 2 is 1.34 bits per heavy atom. The van der Waals surface area contributed by atoms with Crippen LogP contribution < -0.4 is 0 Å². The van der Waals surface area contributed by atoms with Crippen molar-refractivity contribution in [1.82, 2.24) is 0 Å². The summed E-state index contributed by atoms with van der Waals surface area (Å²) in [5.74, 6) is 0. The maximum absolute atomic E-state index is 2.52. The average molecular weight is 469 g/mol. The fourth-order valence-electron chi connectivity index (χ4n) is 6.39. The van der Waals surface area contributed by atoms with Gasteiger partial charge >= 0.3 is 0 Å². The maximum Gasteiger partial charge on any atom is 0.0676 e. The molecule has 2 aliphatic rings. The lowest BCUT2D eigenvalue weighted by Gasteiger charge is -2.36. The van der Waals surface area contributed by atoms with Crippen LogP contribution in [0.2, 0.25) is 0 Å². The highest BCUT2D eigenvalue weighted by Gasteiger charge is 2.48. The minimum Gasteiger partial charge on any atom is -0.135 e. The summed E-state index contributed by atoms with van der Waals surface area (Å²) >= 11 is 1.92. The van der Waals surface area contributed by atoms with Gasteiger partial charge in [-0.1, -0.05) is 105 Å². The summed E-state index contributed by atoms with van der Waals surface area (Å²) in [6.45, 7) is 4.74. The fourth-order valence-corrected chi connectivity index (χ4v) is 7.51. The van der Waals surface area contributed by atoms with Gasteiger partial charge in [0.05, 0.1) is 5.41 Å². The smallest absolute Gasteiger partial charge is 0.0676 e. The molecule has 1 heterocycles. The van der Waals surface area contributed by atoms with Crippen LogP contribution in [-0.4, -0.2) is 0 Å². The first-order valence-electron chi connectivity index (χ1n) is 12.6. The molecule has 0 nitrogen and oxygen atoms in total. The van der Waals surface area contributed by atoms with Gasteiger partial charge in [-0.3, -0.25) is 0 Å². The van der Waals surface area contributed by atoms with Crippen molar-refractivity contribution in [3.8, 4) is 0 Å². The standard InChI is InChI=1S/C34H28S/c1-33(2)19-17-25-27-21-28-26-15-9-10-16-31(26)35-32(28)22-30(27)34(29(25)18-20-33,23-11-5-3-6-12-23)24-13-7-4-8-14-24/h3-17,19,21-22H,18,20H2,1-2H3. The molecule has 0 radical (unpaired) electrons. The van der Waals surface area contributed by atoms with Crippen molar-refractivity contribution in [2.24, 2.45) is 5.41 Å². The third kappa shape index (κ3) is 2.98. The second-order valence-corrected chi connectivity index (χ2v) is 11.8. The molecule has 0 N–H and O–H groups in total. The van der Waals surface area contributed by atoms with Gasteiger partial charge in [0.2, 0.25) is 0 Å². The van der Waals surface area contributed by atoms with Gasteiger partial charge in [-0.2, -0.15) is 0 Å². The molecular weight excluding hydrogens is 440 g/mol. The second kappa shape index (κ2) is 7.54. The van der Waals surface area contributed by atoms with Crippen LogP contribution in [0.1, 0.15) is 48.9 Å². The van der Waals surface area contributed by atoms with E-state index in [1.807, 2.05) is 11.3 Å². The van der Waals surface area contributed by atoms with Gasteiger partial charge < -0.3 is 0 Å². The largest absolute Gasteiger partial charge is 0.135 e. The molecule has 2 aliphatic carbocycles. The number of allylic oxidation sites excluding steroid dienone is 4. The number of fused-ring (bicyclic) bond motifs is 5. The highest BCUT2D eigenvalue weighted by Crippen LogP contribution is 2.59. The Morgan fingerprint density at radius 1 is 0.686 bits per heavy atom. The van der Waals surface area contributed by atoms with E-state index in [0.29, 0.717) is 0 Å². The monoisotopic (exact) mass is 468 g/mol. The first-order valence-corrected chi connectivity index (χ1v) is 13.4. The van der Waals surface area contributed by atoms with Crippen molar-refractivity contribution >= 4 is 37.1 Å². The molecule has 0 atom stereocenters. The molecule has 4 aromatic carbocycles. The van der Waals surface area contributed by atoms with Crippen LogP contribution in [0, 0.1) is 5.41 Å². The number of benzene rings is 4. The molecule has 7 rings (SSSR count). The molecule has 0 saturated carbocycles. The lowest BCUT2D eigenvalue weighted by Crippen LogP contribution is -2.30. The van der Waals surface area contributed by atoms with Crippen molar-refractivity contribution in [1.29, 1.82) is 0 Å². The van der Waals surface area contributed by atoms with Crippen molar-refractivity contribution < 1.29 is 0 Å². The van der Waals surface area contributed by atoms with Crippen LogP contribution in [-0.2, 0) is 5.41 Å². The summed E-state index contributed by atoms with van der Waals surface area (Å²) in [6.07, 6.45) is 7.12. The summed E-state index contributed by atoms with van der Waals surface area (Å²) in [4.78, 5) is 0. The van der Waals surface area contributed by atoms with E-state index in [4.69, 9.17) is 0 Å². The Balaban J connectivity index is 1.65. The summed E-state index contributed by atoms with van der Waals surface area (Å²) in [6, 6.07) is 36.3. The van der Waals surface area contributed by atoms with Gasteiger partial charge in [0.1, 0.15) is 0 Å². The summed E-state index contributed by atoms with van der Waals surface area (Å²) in [5, 5.41) is 2.75. The van der Waals surface area contributed by atoms with Gasteiger partial charge in [0, 0.05) is 20.2 Å². The van der Waals surface area contributed by atoms with Crippen molar-refractivity contribution in [3.05, 3.63) is 137 Å². The summed E-state index contributed by atoms with van der Waals surface area (Å²) in [5.41, 5.74) is 8.45. The maximum atomic E-state index is 2.52. The minimum atomic E-state index is -0.275. The van der Waals surface area contributed by atoms with Gasteiger partial charge in [-0.25, -0.2) is 0 Å². The first kappa shape index (κ1) is 20.9. The SMILES string of the molecule is CC1(C)C=CC2=C(CC1)C(c1ccccc1)(c1ccccc1)c1cc3sc4ccccc4c3cc12. The predicted octanol–water partition coefficient (Wildman–Crippen LogP) is 9.53. The van der Waals surface area contributed by atoms with E-state index in [9.17, 15) is 0 Å². The molecule has 0 spiro atoms. The number of rotatable bonds is 2. The Bertz CT molecular complexity index is 1610. The second-order valence-electron chi connectivity index (χ2n) is 10.7. The molecule has 0 unspecified atom stereocenters. The van der Waals surface area contributed by atoms with Crippen LogP contribution in [0.15, 0.2) is 115 Å². The van der Waals surface area contributed by atoms with Crippen molar-refractivity contribution in [2.75, 3.05) is 0 Å². The molecule has 0 bridgehead atoms. The molecule has 5 aromatic rings. The minimum absolute atomic E-state index is 0.183. The Morgan fingerprint density at radius 3 is 2.06 bits per heavy atom. The molecular formula is C34H28S. The number of thiophene rings is 1. The van der Waals surface area contributed by atoms with Gasteiger partial charge in [0.25, 0.3) is 0 Å². The molecule has 1 heteroatoms. The van der Waals surface area contributed by atoms with Gasteiger partial charge in [-0.05, 0) is 69.9 Å². The Hall–Kier alpha value is -3.42. The first-order chi connectivity index (χ1) is 17.1. The highest BCUT2D eigenvalue weighted by molar-refractivity contribution is 7.25. The quantitative estimate of drug-likeness (QED) is 0.242. The lowest BCUT2D eigenvalue weighted by molar-refractivity contribution is 0.432. The van der Waals surface area contributed by atoms with E-state index in [-0.39, 0.29) is 10.8 Å². The molecule has 1 aromatic heterocycles. The van der Waals surface area contributed by atoms with E-state index < -0.39 is 0 Å². The topological polar surface area (TPSA) is 0 Å². The fraction of sp³-hybridized carbons (Fsp3) is 0.176. The van der Waals surface area contributed by atoms with Crippen LogP contribution in [0.25, 0.3) is 25.7 Å². The molecule has 0 amide bonds. The van der Waals surface area contributed by atoms with Crippen LogP contribution >= 0.6 is 11.3 Å². The molecule has 0 aliphatic heterocycles. The highest BCUT2D eigenvalue weighted by atomic mass is 32.1. The van der Waals surface area contributed by atoms with Crippen molar-refractivity contribution in [2.45, 2.75) is 32.1 Å². The van der Waals surface area contributed by atoms with E-state index in [2.05, 4.69) is 123 Å². The van der Waals surface area contributed by atoms with Crippen LogP contribution in [0.3, 0.4) is 0 Å². The summed E-state index contributed by atoms with van der Waals surface area (Å²) < 4.78 is 2.74. The summed E-state index contributed by atoms with van der Waals surface area (Å²) in [7, 11) is 0. The zero-order valence-corrected chi connectivity index (χ0v) is 21.0. The van der Waals surface area contributed by atoms with Crippen LogP contribution in [0.5, 0.6) is 0 Å². The Labute approximate surface area is 211 Å². The molecule has 35 heavy (non-hydrogen) atoms. The molecule has 0 fully saturated rings. The molecule has 170 valence electrons. The number of hydrogen-bond acceptors (Lipinski definition) is 1. The normalized spacial score (nSPS) is 18.0. The van der Waals surface area contributed by atoms with Gasteiger partial charge in [0.15, 0.2) is 0 Å². The number of hydrogen-bond donors (Lipinski definition) is 0. The Kier molecular flexibility index (Phi) is 4.50. The average Bonchev–Trinajstić information content (AvgIpc) is 3.32. The van der Waals surface area contributed by atoms with Gasteiger partial charge in [-0.15, -0.1) is 11.3 Å². The van der Waals surface area contributed by atoms with E-state index >= 15 is 0 Å².